The van der Waals surface area contributed by atoms with Gasteiger partial charge in [0.15, 0.2) is 5.65 Å². The van der Waals surface area contributed by atoms with Crippen LogP contribution in [0.25, 0.3) is 11.0 Å². The average Bonchev–Trinajstić information content (AvgIpc) is 3.05. The number of nitrogens with zero attached hydrogens (tertiary/aromatic N) is 5. The van der Waals surface area contributed by atoms with Crippen LogP contribution in [0.15, 0.2) is 18.3 Å². The standard InChI is InChI=1S/C20H29N5O/c1-15(24-11-4-3-5-12-24)20(26)25-13-8-16(9-14-25)18-17-7-6-10-21-19(17)23(2)22-18/h6-7,10,15-16H,3-5,8-9,11-14H2,1-2H3/t15-/m0/s1. The molecule has 2 aliphatic rings. The van der Waals surface area contributed by atoms with Crippen molar-refractivity contribution in [3.63, 3.8) is 0 Å². The van der Waals surface area contributed by atoms with E-state index in [2.05, 4.69) is 27.8 Å². The molecule has 0 spiro atoms. The number of aryl methyl sites for hydroxylation is 1. The molecule has 6 heteroatoms. The molecule has 0 aliphatic carbocycles. The molecule has 0 unspecified atom stereocenters. The number of hydrogen-bond acceptors (Lipinski definition) is 4. The summed E-state index contributed by atoms with van der Waals surface area (Å²) in [6.45, 7) is 5.88. The van der Waals surface area contributed by atoms with Gasteiger partial charge in [-0.15, -0.1) is 0 Å². The summed E-state index contributed by atoms with van der Waals surface area (Å²) in [5.74, 6) is 0.718. The average molecular weight is 355 g/mol. The van der Waals surface area contributed by atoms with Crippen LogP contribution >= 0.6 is 0 Å². The van der Waals surface area contributed by atoms with Crippen LogP contribution in [0, 0.1) is 0 Å². The van der Waals surface area contributed by atoms with Crippen LogP contribution in [0.3, 0.4) is 0 Å². The van der Waals surface area contributed by atoms with Gasteiger partial charge in [-0.3, -0.25) is 14.4 Å². The third kappa shape index (κ3) is 3.22. The van der Waals surface area contributed by atoms with Crippen LogP contribution in [0.1, 0.15) is 50.6 Å². The predicted molar refractivity (Wildman–Crippen MR) is 102 cm³/mol. The van der Waals surface area contributed by atoms with E-state index in [4.69, 9.17) is 5.10 Å². The topological polar surface area (TPSA) is 54.3 Å². The molecular formula is C20H29N5O. The van der Waals surface area contributed by atoms with Gasteiger partial charge in [0, 0.05) is 37.6 Å². The Labute approximate surface area is 155 Å². The minimum Gasteiger partial charge on any atom is -0.341 e. The smallest absolute Gasteiger partial charge is 0.239 e. The normalized spacial score (nSPS) is 21.2. The molecule has 6 nitrogen and oxygen atoms in total. The summed E-state index contributed by atoms with van der Waals surface area (Å²) in [7, 11) is 1.96. The first kappa shape index (κ1) is 17.5. The third-order valence-electron chi connectivity index (χ3n) is 6.12. The van der Waals surface area contributed by atoms with Crippen molar-refractivity contribution in [3.8, 4) is 0 Å². The third-order valence-corrected chi connectivity index (χ3v) is 6.12. The summed E-state index contributed by atoms with van der Waals surface area (Å²) in [6.07, 6.45) is 7.53. The summed E-state index contributed by atoms with van der Waals surface area (Å²) in [4.78, 5) is 21.8. The fourth-order valence-electron chi connectivity index (χ4n) is 4.52. The van der Waals surface area contributed by atoms with Crippen molar-refractivity contribution < 1.29 is 4.79 Å². The zero-order valence-corrected chi connectivity index (χ0v) is 15.9. The SMILES string of the molecule is C[C@@H](C(=O)N1CCC(c2nn(C)c3ncccc23)CC1)N1CCCCC1. The second-order valence-electron chi connectivity index (χ2n) is 7.76. The maximum absolute atomic E-state index is 12.9. The molecular weight excluding hydrogens is 326 g/mol. The predicted octanol–water partition coefficient (Wildman–Crippen LogP) is 2.55. The molecule has 0 aromatic carbocycles. The first-order valence-corrected chi connectivity index (χ1v) is 9.95. The molecule has 0 saturated carbocycles. The van der Waals surface area contributed by atoms with Crippen LogP contribution in [-0.2, 0) is 11.8 Å². The molecule has 4 rings (SSSR count). The fourth-order valence-corrected chi connectivity index (χ4v) is 4.52. The number of rotatable bonds is 3. The first-order chi connectivity index (χ1) is 12.6. The molecule has 140 valence electrons. The van der Waals surface area contributed by atoms with Crippen molar-refractivity contribution >= 4 is 16.9 Å². The van der Waals surface area contributed by atoms with Crippen molar-refractivity contribution in [1.29, 1.82) is 0 Å². The number of fused-ring (bicyclic) bond motifs is 1. The molecule has 2 aromatic heterocycles. The van der Waals surface area contributed by atoms with E-state index in [1.54, 1.807) is 0 Å². The zero-order valence-electron chi connectivity index (χ0n) is 15.9. The summed E-state index contributed by atoms with van der Waals surface area (Å²) in [5.41, 5.74) is 2.09. The Morgan fingerprint density at radius 3 is 2.62 bits per heavy atom. The van der Waals surface area contributed by atoms with Gasteiger partial charge in [0.2, 0.25) is 5.91 Å². The van der Waals surface area contributed by atoms with Crippen LogP contribution in [0.4, 0.5) is 0 Å². The first-order valence-electron chi connectivity index (χ1n) is 9.95. The highest BCUT2D eigenvalue weighted by Gasteiger charge is 2.31. The highest BCUT2D eigenvalue weighted by atomic mass is 16.2. The number of piperidine rings is 2. The maximum atomic E-state index is 12.9. The fraction of sp³-hybridized carbons (Fsp3) is 0.650. The monoisotopic (exact) mass is 355 g/mol. The lowest BCUT2D eigenvalue weighted by Crippen LogP contribution is -2.50. The molecule has 1 atom stereocenters. The molecule has 2 fully saturated rings. The van der Waals surface area contributed by atoms with E-state index >= 15 is 0 Å². The molecule has 0 N–H and O–H groups in total. The van der Waals surface area contributed by atoms with E-state index in [1.807, 2.05) is 24.0 Å². The second-order valence-corrected chi connectivity index (χ2v) is 7.76. The maximum Gasteiger partial charge on any atom is 0.239 e. The van der Waals surface area contributed by atoms with Gasteiger partial charge in [-0.05, 0) is 57.8 Å². The Hall–Kier alpha value is -1.95. The molecule has 2 aromatic rings. The van der Waals surface area contributed by atoms with Crippen LogP contribution in [0.2, 0.25) is 0 Å². The van der Waals surface area contributed by atoms with Gasteiger partial charge in [0.25, 0.3) is 0 Å². The summed E-state index contributed by atoms with van der Waals surface area (Å²) in [5, 5.41) is 5.89. The Balaban J connectivity index is 1.41. The van der Waals surface area contributed by atoms with E-state index in [0.29, 0.717) is 11.8 Å². The van der Waals surface area contributed by atoms with Crippen molar-refractivity contribution in [2.45, 2.75) is 51.0 Å². The van der Waals surface area contributed by atoms with Gasteiger partial charge in [-0.1, -0.05) is 6.42 Å². The van der Waals surface area contributed by atoms with Crippen molar-refractivity contribution in [2.75, 3.05) is 26.2 Å². The zero-order chi connectivity index (χ0) is 18.1. The molecule has 0 bridgehead atoms. The summed E-state index contributed by atoms with van der Waals surface area (Å²) in [6, 6.07) is 4.11. The Morgan fingerprint density at radius 2 is 1.88 bits per heavy atom. The van der Waals surface area contributed by atoms with E-state index in [0.717, 1.165) is 55.7 Å². The van der Waals surface area contributed by atoms with Gasteiger partial charge in [0.1, 0.15) is 0 Å². The van der Waals surface area contributed by atoms with E-state index in [1.165, 1.54) is 19.3 Å². The van der Waals surface area contributed by atoms with Gasteiger partial charge < -0.3 is 4.90 Å². The lowest BCUT2D eigenvalue weighted by Gasteiger charge is -2.37. The van der Waals surface area contributed by atoms with E-state index < -0.39 is 0 Å². The van der Waals surface area contributed by atoms with Gasteiger partial charge >= 0.3 is 0 Å². The van der Waals surface area contributed by atoms with Gasteiger partial charge in [0.05, 0.1) is 11.7 Å². The number of carbonyl (C=O) groups excluding carboxylic acids is 1. The lowest BCUT2D eigenvalue weighted by molar-refractivity contribution is -0.137. The second kappa shape index (κ2) is 7.35. The van der Waals surface area contributed by atoms with E-state index in [9.17, 15) is 4.79 Å². The number of hydrogen-bond donors (Lipinski definition) is 0. The lowest BCUT2D eigenvalue weighted by atomic mass is 9.91. The largest absolute Gasteiger partial charge is 0.341 e. The van der Waals surface area contributed by atoms with Gasteiger partial charge in [-0.2, -0.15) is 5.10 Å². The highest BCUT2D eigenvalue weighted by Crippen LogP contribution is 2.32. The van der Waals surface area contributed by atoms with Crippen molar-refractivity contribution in [1.82, 2.24) is 24.6 Å². The Bertz CT molecular complexity index is 772. The van der Waals surface area contributed by atoms with Gasteiger partial charge in [-0.25, -0.2) is 4.98 Å². The number of carbonyl (C=O) groups is 1. The van der Waals surface area contributed by atoms with Crippen LogP contribution in [0.5, 0.6) is 0 Å². The highest BCUT2D eigenvalue weighted by molar-refractivity contribution is 5.82. The van der Waals surface area contributed by atoms with Crippen molar-refractivity contribution in [2.24, 2.45) is 7.05 Å². The van der Waals surface area contributed by atoms with Crippen molar-refractivity contribution in [3.05, 3.63) is 24.0 Å². The number of aromatic nitrogens is 3. The molecule has 0 radical (unpaired) electrons. The quantitative estimate of drug-likeness (QED) is 0.849. The number of likely N-dealkylation sites (tertiary alicyclic amines) is 2. The Kier molecular flexibility index (Phi) is 4.94. The summed E-state index contributed by atoms with van der Waals surface area (Å²) < 4.78 is 1.88. The molecule has 4 heterocycles. The Morgan fingerprint density at radius 1 is 1.15 bits per heavy atom. The van der Waals surface area contributed by atoms with E-state index in [-0.39, 0.29) is 6.04 Å². The summed E-state index contributed by atoms with van der Waals surface area (Å²) >= 11 is 0. The molecule has 2 saturated heterocycles. The number of pyridine rings is 1. The number of amides is 1. The minimum atomic E-state index is 0.0201. The minimum absolute atomic E-state index is 0.0201. The molecule has 26 heavy (non-hydrogen) atoms. The van der Waals surface area contributed by atoms with Crippen LogP contribution < -0.4 is 0 Å². The molecule has 2 aliphatic heterocycles. The van der Waals surface area contributed by atoms with Crippen LogP contribution in [-0.4, -0.2) is 62.7 Å². The molecule has 1 amide bonds.